The molecule has 118 valence electrons. The molecule has 0 aromatic heterocycles. The highest BCUT2D eigenvalue weighted by molar-refractivity contribution is 5.81. The molecule has 0 aliphatic heterocycles. The molecule has 0 fully saturated rings. The van der Waals surface area contributed by atoms with Gasteiger partial charge in [0.15, 0.2) is 0 Å². The quantitative estimate of drug-likeness (QED) is 0.247. The minimum atomic E-state index is -0.290. The van der Waals surface area contributed by atoms with Crippen LogP contribution in [-0.2, 0) is 9.53 Å². The molecule has 1 unspecified atom stereocenters. The fourth-order valence-corrected chi connectivity index (χ4v) is 2.37. The molecule has 0 aliphatic rings. The summed E-state index contributed by atoms with van der Waals surface area (Å²) in [6.45, 7) is 10.1. The van der Waals surface area contributed by atoms with E-state index in [2.05, 4.69) is 27.4 Å². The molecule has 0 bridgehead atoms. The van der Waals surface area contributed by atoms with Crippen LogP contribution in [0.2, 0.25) is 0 Å². The fourth-order valence-electron chi connectivity index (χ4n) is 2.37. The number of carbonyl (C=O) groups is 1. The summed E-state index contributed by atoms with van der Waals surface area (Å²) in [5, 5.41) is 0. The molecule has 20 heavy (non-hydrogen) atoms. The van der Waals surface area contributed by atoms with Gasteiger partial charge in [-0.25, -0.2) is 4.79 Å². The summed E-state index contributed by atoms with van der Waals surface area (Å²) in [5.41, 5.74) is 0. The van der Waals surface area contributed by atoms with Gasteiger partial charge in [-0.2, -0.15) is 0 Å². The number of esters is 1. The van der Waals surface area contributed by atoms with E-state index < -0.39 is 0 Å². The van der Waals surface area contributed by atoms with Crippen molar-refractivity contribution in [3.8, 4) is 0 Å². The molecular weight excluding hydrogens is 248 g/mol. The highest BCUT2D eigenvalue weighted by Gasteiger charge is 2.09. The van der Waals surface area contributed by atoms with Gasteiger partial charge in [0.05, 0.1) is 0 Å². The summed E-state index contributed by atoms with van der Waals surface area (Å²) < 4.78 is 5.27. The van der Waals surface area contributed by atoms with Crippen LogP contribution in [0, 0.1) is 5.92 Å². The van der Waals surface area contributed by atoms with Crippen molar-refractivity contribution in [3.63, 3.8) is 0 Å². The second kappa shape index (κ2) is 13.2. The Morgan fingerprint density at radius 3 is 1.95 bits per heavy atom. The molecule has 0 aromatic rings. The number of carbonyl (C=O) groups excluding carboxylic acids is 1. The van der Waals surface area contributed by atoms with E-state index in [1.807, 2.05) is 0 Å². The molecule has 0 amide bonds. The third kappa shape index (κ3) is 12.3. The Hall–Kier alpha value is -0.790. The summed E-state index contributed by atoms with van der Waals surface area (Å²) >= 11 is 0. The molecular formula is C18H34O2. The lowest BCUT2D eigenvalue weighted by Crippen LogP contribution is -2.15. The van der Waals surface area contributed by atoms with Gasteiger partial charge in [-0.15, -0.1) is 0 Å². The highest BCUT2D eigenvalue weighted by Crippen LogP contribution is 2.14. The zero-order chi connectivity index (χ0) is 15.2. The molecule has 0 heterocycles. The van der Waals surface area contributed by atoms with E-state index in [4.69, 9.17) is 4.74 Å². The first-order chi connectivity index (χ1) is 9.60. The number of unbranched alkanes of at least 4 members (excludes halogenated alkanes) is 6. The maximum atomic E-state index is 11.1. The summed E-state index contributed by atoms with van der Waals surface area (Å²) in [6, 6.07) is 0. The molecule has 0 aliphatic carbocycles. The van der Waals surface area contributed by atoms with Gasteiger partial charge in [0, 0.05) is 6.08 Å². The minimum absolute atomic E-state index is 0.0755. The van der Waals surface area contributed by atoms with Crippen LogP contribution in [0.1, 0.15) is 85.0 Å². The van der Waals surface area contributed by atoms with E-state index in [9.17, 15) is 4.79 Å². The number of ether oxygens (including phenoxy) is 1. The molecule has 0 radical (unpaired) electrons. The van der Waals surface area contributed by atoms with Crippen LogP contribution in [0.25, 0.3) is 0 Å². The van der Waals surface area contributed by atoms with Gasteiger partial charge in [-0.3, -0.25) is 0 Å². The zero-order valence-corrected chi connectivity index (χ0v) is 13.8. The van der Waals surface area contributed by atoms with Crippen molar-refractivity contribution in [2.45, 2.75) is 91.1 Å². The van der Waals surface area contributed by atoms with Crippen molar-refractivity contribution in [1.82, 2.24) is 0 Å². The molecule has 0 aromatic carbocycles. The Balaban J connectivity index is 3.37. The Kier molecular flexibility index (Phi) is 12.7. The van der Waals surface area contributed by atoms with Gasteiger partial charge in [-0.05, 0) is 25.2 Å². The van der Waals surface area contributed by atoms with E-state index in [0.717, 1.165) is 25.2 Å². The van der Waals surface area contributed by atoms with Crippen LogP contribution >= 0.6 is 0 Å². The van der Waals surface area contributed by atoms with Crippen molar-refractivity contribution in [2.75, 3.05) is 0 Å². The predicted octanol–water partition coefficient (Wildman–Crippen LogP) is 5.66. The van der Waals surface area contributed by atoms with Gasteiger partial charge >= 0.3 is 5.97 Å². The summed E-state index contributed by atoms with van der Waals surface area (Å²) in [5.74, 6) is 0.557. The highest BCUT2D eigenvalue weighted by atomic mass is 16.5. The van der Waals surface area contributed by atoms with Crippen molar-refractivity contribution >= 4 is 5.97 Å². The van der Waals surface area contributed by atoms with Crippen LogP contribution in [0.15, 0.2) is 12.7 Å². The lowest BCUT2D eigenvalue weighted by Gasteiger charge is -2.14. The van der Waals surface area contributed by atoms with E-state index >= 15 is 0 Å². The molecule has 0 spiro atoms. The van der Waals surface area contributed by atoms with Crippen molar-refractivity contribution < 1.29 is 9.53 Å². The SMILES string of the molecule is C=CC(=O)OC(CC)CCCCCCCCCC(C)C. The van der Waals surface area contributed by atoms with E-state index in [-0.39, 0.29) is 12.1 Å². The molecule has 0 N–H and O–H groups in total. The maximum absolute atomic E-state index is 11.1. The van der Waals surface area contributed by atoms with Crippen molar-refractivity contribution in [1.29, 1.82) is 0 Å². The Morgan fingerprint density at radius 2 is 1.50 bits per heavy atom. The Bertz CT molecular complexity index is 246. The minimum Gasteiger partial charge on any atom is -0.459 e. The van der Waals surface area contributed by atoms with Crippen LogP contribution in [-0.4, -0.2) is 12.1 Å². The third-order valence-electron chi connectivity index (χ3n) is 3.71. The Labute approximate surface area is 126 Å². The largest absolute Gasteiger partial charge is 0.459 e. The second-order valence-corrected chi connectivity index (χ2v) is 6.12. The molecule has 0 rings (SSSR count). The van der Waals surface area contributed by atoms with Crippen molar-refractivity contribution in [3.05, 3.63) is 12.7 Å². The van der Waals surface area contributed by atoms with Gasteiger partial charge in [0.2, 0.25) is 0 Å². The molecule has 2 nitrogen and oxygen atoms in total. The van der Waals surface area contributed by atoms with E-state index in [1.165, 1.54) is 51.0 Å². The second-order valence-electron chi connectivity index (χ2n) is 6.12. The first kappa shape index (κ1) is 19.2. The first-order valence-corrected chi connectivity index (χ1v) is 8.43. The standard InChI is InChI=1S/C18H34O2/c1-5-17(20-18(19)6-2)15-13-11-9-7-8-10-12-14-16(3)4/h6,16-17H,2,5,7-15H2,1,3-4H3. The van der Waals surface area contributed by atoms with Crippen LogP contribution in [0.4, 0.5) is 0 Å². The van der Waals surface area contributed by atoms with Gasteiger partial charge < -0.3 is 4.74 Å². The third-order valence-corrected chi connectivity index (χ3v) is 3.71. The smallest absolute Gasteiger partial charge is 0.330 e. The summed E-state index contributed by atoms with van der Waals surface area (Å²) in [4.78, 5) is 11.1. The number of hydrogen-bond donors (Lipinski definition) is 0. The first-order valence-electron chi connectivity index (χ1n) is 8.43. The molecule has 1 atom stereocenters. The lowest BCUT2D eigenvalue weighted by atomic mass is 10.0. The number of rotatable bonds is 13. The van der Waals surface area contributed by atoms with Crippen molar-refractivity contribution in [2.24, 2.45) is 5.92 Å². The van der Waals surface area contributed by atoms with Crippen LogP contribution in [0.3, 0.4) is 0 Å². The number of hydrogen-bond acceptors (Lipinski definition) is 2. The van der Waals surface area contributed by atoms with E-state index in [1.54, 1.807) is 0 Å². The van der Waals surface area contributed by atoms with Gasteiger partial charge in [-0.1, -0.05) is 72.3 Å². The van der Waals surface area contributed by atoms with Gasteiger partial charge in [0.1, 0.15) is 6.10 Å². The van der Waals surface area contributed by atoms with Gasteiger partial charge in [0.25, 0.3) is 0 Å². The van der Waals surface area contributed by atoms with E-state index in [0.29, 0.717) is 0 Å². The fraction of sp³-hybridized carbons (Fsp3) is 0.833. The molecule has 0 saturated heterocycles. The Morgan fingerprint density at radius 1 is 1.00 bits per heavy atom. The topological polar surface area (TPSA) is 26.3 Å². The molecule has 2 heteroatoms. The van der Waals surface area contributed by atoms with Crippen LogP contribution in [0.5, 0.6) is 0 Å². The average molecular weight is 282 g/mol. The molecule has 0 saturated carbocycles. The zero-order valence-electron chi connectivity index (χ0n) is 13.8. The summed E-state index contributed by atoms with van der Waals surface area (Å²) in [6.07, 6.45) is 13.8. The predicted molar refractivity (Wildman–Crippen MR) is 86.8 cm³/mol. The lowest BCUT2D eigenvalue weighted by molar-refractivity contribution is -0.143. The maximum Gasteiger partial charge on any atom is 0.330 e. The monoisotopic (exact) mass is 282 g/mol. The normalized spacial score (nSPS) is 12.4. The van der Waals surface area contributed by atoms with Crippen LogP contribution < -0.4 is 0 Å². The average Bonchev–Trinajstić information content (AvgIpc) is 2.43. The summed E-state index contributed by atoms with van der Waals surface area (Å²) in [7, 11) is 0.